The Balaban J connectivity index is 1.73. The van der Waals surface area contributed by atoms with E-state index in [1.54, 1.807) is 6.07 Å². The van der Waals surface area contributed by atoms with Crippen LogP contribution in [-0.2, 0) is 22.0 Å². The molecule has 0 spiro atoms. The number of nitrogens with zero attached hydrogens (tertiary/aromatic N) is 2. The van der Waals surface area contributed by atoms with Gasteiger partial charge < -0.3 is 0 Å². The fraction of sp³-hybridized carbons (Fsp3) is 0.278. The van der Waals surface area contributed by atoms with Crippen molar-refractivity contribution in [2.24, 2.45) is 0 Å². The summed E-state index contributed by atoms with van der Waals surface area (Å²) in [5.41, 5.74) is 0.0644. The van der Waals surface area contributed by atoms with Crippen molar-refractivity contribution in [3.63, 3.8) is 0 Å². The van der Waals surface area contributed by atoms with E-state index in [-0.39, 0.29) is 22.4 Å². The van der Waals surface area contributed by atoms with E-state index in [1.807, 2.05) is 38.3 Å². The van der Waals surface area contributed by atoms with E-state index in [9.17, 15) is 13.2 Å². The van der Waals surface area contributed by atoms with Gasteiger partial charge in [-0.05, 0) is 29.6 Å². The number of anilines is 1. The van der Waals surface area contributed by atoms with Crippen LogP contribution in [0.5, 0.6) is 0 Å². The Morgan fingerprint density at radius 1 is 1.14 bits per heavy atom. The van der Waals surface area contributed by atoms with Gasteiger partial charge in [0.2, 0.25) is 15.2 Å². The van der Waals surface area contributed by atoms with Gasteiger partial charge in [0.1, 0.15) is 5.01 Å². The fourth-order valence-electron chi connectivity index (χ4n) is 2.21. The van der Waals surface area contributed by atoms with Gasteiger partial charge in [-0.1, -0.05) is 44.2 Å². The molecule has 148 valence electrons. The molecule has 10 heteroatoms. The molecule has 0 fully saturated rings. The minimum atomic E-state index is -3.73. The van der Waals surface area contributed by atoms with Crippen molar-refractivity contribution in [1.29, 1.82) is 0 Å². The van der Waals surface area contributed by atoms with E-state index in [4.69, 9.17) is 0 Å². The van der Waals surface area contributed by atoms with Crippen LogP contribution in [0, 0.1) is 0 Å². The smallest absolute Gasteiger partial charge is 0.257 e. The zero-order valence-electron chi connectivity index (χ0n) is 15.6. The van der Waals surface area contributed by atoms with Crippen LogP contribution in [0.4, 0.5) is 5.13 Å². The Morgan fingerprint density at radius 2 is 1.93 bits per heavy atom. The Bertz CT molecular complexity index is 1070. The number of nitrogens with one attached hydrogen (secondary N) is 2. The predicted molar refractivity (Wildman–Crippen MR) is 111 cm³/mol. The Kier molecular flexibility index (Phi) is 5.94. The Labute approximate surface area is 171 Å². The zero-order valence-corrected chi connectivity index (χ0v) is 18.0. The number of sulfonamides is 1. The van der Waals surface area contributed by atoms with E-state index in [0.29, 0.717) is 5.13 Å². The molecule has 2 N–H and O–H groups in total. The molecule has 1 amide bonds. The van der Waals surface area contributed by atoms with Gasteiger partial charge in [-0.15, -0.1) is 21.5 Å². The van der Waals surface area contributed by atoms with Crippen LogP contribution in [0.1, 0.15) is 41.0 Å². The molecule has 7 nitrogen and oxygen atoms in total. The van der Waals surface area contributed by atoms with Crippen LogP contribution in [0.15, 0.2) is 46.7 Å². The average Bonchev–Trinajstić information content (AvgIpc) is 3.31. The molecule has 3 rings (SSSR count). The number of rotatable bonds is 6. The molecule has 0 unspecified atom stereocenters. The molecular formula is C18H20N4O3S3. The van der Waals surface area contributed by atoms with Crippen molar-refractivity contribution in [2.45, 2.75) is 37.6 Å². The molecule has 0 saturated carbocycles. The zero-order chi connectivity index (χ0) is 20.4. The number of hydrogen-bond acceptors (Lipinski definition) is 7. The summed E-state index contributed by atoms with van der Waals surface area (Å²) in [5, 5.41) is 13.8. The number of amides is 1. The van der Waals surface area contributed by atoms with Gasteiger partial charge in [0.25, 0.3) is 5.91 Å². The second-order valence-corrected chi connectivity index (χ2v) is 10.8. The number of carbonyl (C=O) groups excluding carboxylic acids is 1. The molecule has 0 aliphatic carbocycles. The summed E-state index contributed by atoms with van der Waals surface area (Å²) in [6.45, 7) is 6.24. The molecule has 28 heavy (non-hydrogen) atoms. The second kappa shape index (κ2) is 8.08. The van der Waals surface area contributed by atoms with Crippen molar-refractivity contribution in [3.05, 3.63) is 57.2 Å². The fourth-order valence-corrected chi connectivity index (χ4v) is 4.80. The lowest BCUT2D eigenvalue weighted by Gasteiger charge is -2.12. The highest BCUT2D eigenvalue weighted by atomic mass is 32.2. The van der Waals surface area contributed by atoms with Crippen molar-refractivity contribution in [1.82, 2.24) is 14.9 Å². The first-order chi connectivity index (χ1) is 13.1. The first-order valence-electron chi connectivity index (χ1n) is 8.42. The van der Waals surface area contributed by atoms with Gasteiger partial charge in [-0.25, -0.2) is 13.1 Å². The molecule has 0 saturated heterocycles. The van der Waals surface area contributed by atoms with Gasteiger partial charge in [0, 0.05) is 22.4 Å². The lowest BCUT2D eigenvalue weighted by atomic mass is 9.98. The monoisotopic (exact) mass is 436 g/mol. The topological polar surface area (TPSA) is 101 Å². The highest BCUT2D eigenvalue weighted by Gasteiger charge is 2.21. The standard InChI is InChI=1S/C18H20N4O3S3/c1-18(2,3)16-21-22-17(27-16)20-15(23)12-6-4-8-14(10-12)28(24,25)19-11-13-7-5-9-26-13/h4-10,19H,11H2,1-3H3,(H,20,22,23). The van der Waals surface area contributed by atoms with Gasteiger partial charge in [0.15, 0.2) is 0 Å². The van der Waals surface area contributed by atoms with E-state index < -0.39 is 15.9 Å². The van der Waals surface area contributed by atoms with E-state index in [2.05, 4.69) is 20.2 Å². The molecular weight excluding hydrogens is 416 g/mol. The normalized spacial score (nSPS) is 12.1. The SMILES string of the molecule is CC(C)(C)c1nnc(NC(=O)c2cccc(S(=O)(=O)NCc3cccs3)c2)s1. The highest BCUT2D eigenvalue weighted by Crippen LogP contribution is 2.28. The Morgan fingerprint density at radius 3 is 2.57 bits per heavy atom. The van der Waals surface area contributed by atoms with Crippen LogP contribution in [0.2, 0.25) is 0 Å². The summed E-state index contributed by atoms with van der Waals surface area (Å²) in [7, 11) is -3.73. The number of carbonyl (C=O) groups is 1. The quantitative estimate of drug-likeness (QED) is 0.614. The third-order valence-corrected chi connectivity index (χ3v) is 7.25. The van der Waals surface area contributed by atoms with Crippen molar-refractivity contribution in [3.8, 4) is 0 Å². The van der Waals surface area contributed by atoms with Crippen LogP contribution in [0.25, 0.3) is 0 Å². The predicted octanol–water partition coefficient (Wildman–Crippen LogP) is 3.63. The number of hydrogen-bond donors (Lipinski definition) is 2. The third kappa shape index (κ3) is 5.02. The first-order valence-corrected chi connectivity index (χ1v) is 11.6. The molecule has 0 radical (unpaired) electrons. The molecule has 0 bridgehead atoms. The third-order valence-electron chi connectivity index (χ3n) is 3.71. The molecule has 3 aromatic rings. The van der Waals surface area contributed by atoms with Crippen LogP contribution < -0.4 is 10.0 Å². The van der Waals surface area contributed by atoms with E-state index in [0.717, 1.165) is 9.88 Å². The summed E-state index contributed by atoms with van der Waals surface area (Å²) in [5.74, 6) is -0.438. The number of benzene rings is 1. The van der Waals surface area contributed by atoms with Crippen molar-refractivity contribution < 1.29 is 13.2 Å². The average molecular weight is 437 g/mol. The summed E-state index contributed by atoms with van der Waals surface area (Å²) < 4.78 is 27.6. The molecule has 2 aromatic heterocycles. The van der Waals surface area contributed by atoms with Crippen LogP contribution in [-0.4, -0.2) is 24.5 Å². The summed E-state index contributed by atoms with van der Waals surface area (Å²) in [6.07, 6.45) is 0. The summed E-state index contributed by atoms with van der Waals surface area (Å²) in [6, 6.07) is 9.60. The molecule has 2 heterocycles. The van der Waals surface area contributed by atoms with Gasteiger partial charge in [-0.3, -0.25) is 10.1 Å². The maximum Gasteiger partial charge on any atom is 0.257 e. The molecule has 1 aromatic carbocycles. The van der Waals surface area contributed by atoms with Crippen LogP contribution >= 0.6 is 22.7 Å². The van der Waals surface area contributed by atoms with Gasteiger partial charge in [-0.2, -0.15) is 0 Å². The largest absolute Gasteiger partial charge is 0.296 e. The first kappa shape index (κ1) is 20.6. The Hall–Kier alpha value is -2.14. The molecule has 0 atom stereocenters. The molecule has 0 aliphatic heterocycles. The van der Waals surface area contributed by atoms with Gasteiger partial charge >= 0.3 is 0 Å². The van der Waals surface area contributed by atoms with Gasteiger partial charge in [0.05, 0.1) is 4.90 Å². The lowest BCUT2D eigenvalue weighted by molar-refractivity contribution is 0.102. The number of aromatic nitrogens is 2. The second-order valence-electron chi connectivity index (χ2n) is 7.05. The maximum atomic E-state index is 12.5. The van der Waals surface area contributed by atoms with Crippen molar-refractivity contribution in [2.75, 3.05) is 5.32 Å². The maximum absolute atomic E-state index is 12.5. The minimum Gasteiger partial charge on any atom is -0.296 e. The van der Waals surface area contributed by atoms with Crippen molar-refractivity contribution >= 4 is 43.7 Å². The molecule has 0 aliphatic rings. The number of thiophene rings is 1. The lowest BCUT2D eigenvalue weighted by Crippen LogP contribution is -2.23. The minimum absolute atomic E-state index is 0.0318. The van der Waals surface area contributed by atoms with E-state index >= 15 is 0 Å². The van der Waals surface area contributed by atoms with E-state index in [1.165, 1.54) is 40.9 Å². The summed E-state index contributed by atoms with van der Waals surface area (Å²) >= 11 is 2.76. The highest BCUT2D eigenvalue weighted by molar-refractivity contribution is 7.89. The van der Waals surface area contributed by atoms with Crippen LogP contribution in [0.3, 0.4) is 0 Å². The summed E-state index contributed by atoms with van der Waals surface area (Å²) in [4.78, 5) is 13.4.